The van der Waals surface area contributed by atoms with E-state index in [0.717, 1.165) is 52.4 Å². The quantitative estimate of drug-likeness (QED) is 0.166. The number of hydrogen-bond donors (Lipinski definition) is 4. The molecule has 0 atom stereocenters. The van der Waals surface area contributed by atoms with E-state index in [9.17, 15) is 0 Å². The van der Waals surface area contributed by atoms with Gasteiger partial charge in [0.25, 0.3) is 0 Å². The number of rotatable bonds is 15. The summed E-state index contributed by atoms with van der Waals surface area (Å²) in [5, 5.41) is 14.1. The van der Waals surface area contributed by atoms with Crippen molar-refractivity contribution < 1.29 is 4.74 Å². The molecule has 2 heterocycles. The molecule has 2 aromatic heterocycles. The molecule has 0 amide bonds. The second kappa shape index (κ2) is 15.6. The maximum Gasteiger partial charge on any atom is 0.188 e. The van der Waals surface area contributed by atoms with Crippen LogP contribution >= 0.6 is 34.9 Å². The van der Waals surface area contributed by atoms with Gasteiger partial charge in [0.15, 0.2) is 11.9 Å². The highest BCUT2D eigenvalue weighted by molar-refractivity contribution is 7.98. The fourth-order valence-corrected chi connectivity index (χ4v) is 5.13. The number of thiazole rings is 1. The molecule has 0 aliphatic heterocycles. The van der Waals surface area contributed by atoms with Crippen molar-refractivity contribution in [3.8, 4) is 5.75 Å². The highest BCUT2D eigenvalue weighted by Gasteiger charge is 2.08. The second-order valence-electron chi connectivity index (χ2n) is 6.60. The third kappa shape index (κ3) is 10.4. The molecule has 0 aromatic carbocycles. The van der Waals surface area contributed by atoms with Gasteiger partial charge in [-0.15, -0.1) is 11.3 Å². The summed E-state index contributed by atoms with van der Waals surface area (Å²) < 4.78 is 5.33. The van der Waals surface area contributed by atoms with Crippen molar-refractivity contribution in [2.24, 2.45) is 16.5 Å². The average Bonchev–Trinajstić information content (AvgIpc) is 3.31. The summed E-state index contributed by atoms with van der Waals surface area (Å²) in [4.78, 5) is 14.8. The summed E-state index contributed by atoms with van der Waals surface area (Å²) in [6, 6.07) is 3.77. The first-order chi connectivity index (χ1) is 15.6. The minimum atomic E-state index is 0.0772. The first-order valence-electron chi connectivity index (χ1n) is 10.2. The standard InChI is InChI=1S/C20H32N8OS3/c1-29-17-4-2-5-24-16(17)14-31-13-10-28(19(21)22)9-3-6-26-20(23)27-7-11-30-15-18-25-8-12-32-18/h2,4-5,8,12H,3,6-7,9-11,13-15H2,1H3,(H3,21,22)(H3,23,26,27). The van der Waals surface area contributed by atoms with Crippen LogP contribution in [0.15, 0.2) is 34.9 Å². The molecule has 0 aliphatic rings. The molecule has 0 fully saturated rings. The Bertz CT molecular complexity index is 819. The monoisotopic (exact) mass is 496 g/mol. The topological polar surface area (TPSA) is 139 Å². The van der Waals surface area contributed by atoms with E-state index < -0.39 is 0 Å². The molecular weight excluding hydrogens is 464 g/mol. The highest BCUT2D eigenvalue weighted by Crippen LogP contribution is 2.20. The molecule has 0 radical (unpaired) electrons. The molecule has 0 unspecified atom stereocenters. The number of hydrogen-bond acceptors (Lipinski definition) is 8. The number of guanidine groups is 2. The number of aromatic nitrogens is 2. The Balaban J connectivity index is 1.56. The van der Waals surface area contributed by atoms with Crippen molar-refractivity contribution in [1.82, 2.24) is 20.2 Å². The Morgan fingerprint density at radius 2 is 2.06 bits per heavy atom. The van der Waals surface area contributed by atoms with Gasteiger partial charge in [-0.05, 0) is 18.6 Å². The lowest BCUT2D eigenvalue weighted by molar-refractivity contribution is 0.408. The molecule has 0 aliphatic carbocycles. The SMILES string of the molecule is COc1cccnc1CSCCN(CCCN=C(N)NCCSCc1nccs1)C(=N)N. The van der Waals surface area contributed by atoms with Crippen molar-refractivity contribution in [3.05, 3.63) is 40.6 Å². The highest BCUT2D eigenvalue weighted by atomic mass is 32.2. The summed E-state index contributed by atoms with van der Waals surface area (Å²) in [5.41, 5.74) is 12.6. The van der Waals surface area contributed by atoms with Crippen LogP contribution in [0, 0.1) is 5.41 Å². The predicted octanol–water partition coefficient (Wildman–Crippen LogP) is 2.20. The first-order valence-corrected chi connectivity index (χ1v) is 13.4. The predicted molar refractivity (Wildman–Crippen MR) is 138 cm³/mol. The molecule has 0 bridgehead atoms. The molecule has 6 N–H and O–H groups in total. The minimum absolute atomic E-state index is 0.0772. The number of nitrogens with zero attached hydrogens (tertiary/aromatic N) is 4. The van der Waals surface area contributed by atoms with Gasteiger partial charge in [0.1, 0.15) is 10.8 Å². The third-order valence-corrected chi connectivity index (χ3v) is 7.16. The number of ether oxygens (including phenoxy) is 1. The van der Waals surface area contributed by atoms with Gasteiger partial charge in [0.2, 0.25) is 0 Å². The lowest BCUT2D eigenvalue weighted by Gasteiger charge is -2.22. The van der Waals surface area contributed by atoms with Crippen LogP contribution in [0.5, 0.6) is 5.75 Å². The van der Waals surface area contributed by atoms with Gasteiger partial charge >= 0.3 is 0 Å². The number of pyridine rings is 1. The maximum atomic E-state index is 7.80. The molecule has 0 saturated heterocycles. The molecule has 0 saturated carbocycles. The number of methoxy groups -OCH3 is 1. The summed E-state index contributed by atoms with van der Waals surface area (Å²) in [6.07, 6.45) is 4.37. The summed E-state index contributed by atoms with van der Waals surface area (Å²) in [6.45, 7) is 2.72. The number of nitrogens with one attached hydrogen (secondary N) is 2. The van der Waals surface area contributed by atoms with E-state index in [1.54, 1.807) is 36.4 Å². The zero-order chi connectivity index (χ0) is 23.0. The van der Waals surface area contributed by atoms with Crippen LogP contribution in [0.3, 0.4) is 0 Å². The van der Waals surface area contributed by atoms with E-state index in [4.69, 9.17) is 21.6 Å². The van der Waals surface area contributed by atoms with Crippen LogP contribution in [0.2, 0.25) is 0 Å². The zero-order valence-corrected chi connectivity index (χ0v) is 20.8. The molecule has 2 rings (SSSR count). The van der Waals surface area contributed by atoms with E-state index in [1.165, 1.54) is 0 Å². The van der Waals surface area contributed by atoms with Crippen LogP contribution in [-0.2, 0) is 11.5 Å². The van der Waals surface area contributed by atoms with Gasteiger partial charge in [-0.2, -0.15) is 23.5 Å². The molecule has 12 heteroatoms. The average molecular weight is 497 g/mol. The Morgan fingerprint density at radius 1 is 1.22 bits per heavy atom. The Labute approximate surface area is 202 Å². The van der Waals surface area contributed by atoms with Gasteiger partial charge < -0.3 is 26.4 Å². The Kier molecular flexibility index (Phi) is 12.7. The van der Waals surface area contributed by atoms with Crippen LogP contribution in [0.25, 0.3) is 0 Å². The molecular formula is C20H32N8OS3. The van der Waals surface area contributed by atoms with Gasteiger partial charge in [0, 0.05) is 67.0 Å². The minimum Gasteiger partial charge on any atom is -0.495 e. The van der Waals surface area contributed by atoms with Crippen LogP contribution in [-0.4, -0.2) is 71.6 Å². The van der Waals surface area contributed by atoms with Crippen LogP contribution in [0.1, 0.15) is 17.1 Å². The molecule has 9 nitrogen and oxygen atoms in total. The normalized spacial score (nSPS) is 11.3. The van der Waals surface area contributed by atoms with Crippen molar-refractivity contribution in [2.75, 3.05) is 44.8 Å². The van der Waals surface area contributed by atoms with Crippen LogP contribution in [0.4, 0.5) is 0 Å². The Morgan fingerprint density at radius 3 is 2.81 bits per heavy atom. The van der Waals surface area contributed by atoms with Crippen molar-refractivity contribution in [3.63, 3.8) is 0 Å². The molecule has 2 aromatic rings. The van der Waals surface area contributed by atoms with Gasteiger partial charge in [0.05, 0.1) is 12.8 Å². The second-order valence-corrected chi connectivity index (χ2v) is 9.79. The number of nitrogens with two attached hydrogens (primary N) is 2. The van der Waals surface area contributed by atoms with E-state index >= 15 is 0 Å². The fraction of sp³-hybridized carbons (Fsp3) is 0.500. The number of aliphatic imine (C=N–C) groups is 1. The van der Waals surface area contributed by atoms with E-state index in [2.05, 4.69) is 20.3 Å². The number of thioether (sulfide) groups is 2. The fourth-order valence-electron chi connectivity index (χ4n) is 2.67. The lowest BCUT2D eigenvalue weighted by atomic mass is 10.3. The maximum absolute atomic E-state index is 7.80. The van der Waals surface area contributed by atoms with E-state index in [0.29, 0.717) is 25.6 Å². The zero-order valence-electron chi connectivity index (χ0n) is 18.3. The van der Waals surface area contributed by atoms with Crippen molar-refractivity contribution >= 4 is 46.8 Å². The smallest absolute Gasteiger partial charge is 0.188 e. The summed E-state index contributed by atoms with van der Waals surface area (Å²) >= 11 is 5.23. The van der Waals surface area contributed by atoms with Crippen molar-refractivity contribution in [2.45, 2.75) is 17.9 Å². The van der Waals surface area contributed by atoms with E-state index in [-0.39, 0.29) is 5.96 Å². The van der Waals surface area contributed by atoms with E-state index in [1.807, 2.05) is 40.4 Å². The van der Waals surface area contributed by atoms with Gasteiger partial charge in [-0.25, -0.2) is 4.98 Å². The summed E-state index contributed by atoms with van der Waals surface area (Å²) in [5.74, 6) is 4.78. The first kappa shape index (κ1) is 26.1. The van der Waals surface area contributed by atoms with Crippen LogP contribution < -0.4 is 21.5 Å². The summed E-state index contributed by atoms with van der Waals surface area (Å²) in [7, 11) is 1.65. The van der Waals surface area contributed by atoms with Gasteiger partial charge in [-0.1, -0.05) is 0 Å². The largest absolute Gasteiger partial charge is 0.495 e. The molecule has 0 spiro atoms. The third-order valence-electron chi connectivity index (χ3n) is 4.28. The van der Waals surface area contributed by atoms with Crippen molar-refractivity contribution in [1.29, 1.82) is 5.41 Å². The Hall–Kier alpha value is -2.18. The van der Waals surface area contributed by atoms with Gasteiger partial charge in [-0.3, -0.25) is 15.4 Å². The molecule has 32 heavy (non-hydrogen) atoms. The lowest BCUT2D eigenvalue weighted by Crippen LogP contribution is -2.39. The molecule has 176 valence electrons.